The van der Waals surface area contributed by atoms with E-state index in [2.05, 4.69) is 10.1 Å². The summed E-state index contributed by atoms with van der Waals surface area (Å²) in [7, 11) is 0. The van der Waals surface area contributed by atoms with Crippen molar-refractivity contribution >= 4 is 11.8 Å². The quantitative estimate of drug-likeness (QED) is 0.582. The summed E-state index contributed by atoms with van der Waals surface area (Å²) >= 11 is 0. The fourth-order valence-corrected chi connectivity index (χ4v) is 1.19. The summed E-state index contributed by atoms with van der Waals surface area (Å²) in [5.74, 6) is 0. The van der Waals surface area contributed by atoms with E-state index in [1.165, 1.54) is 0 Å². The first-order valence-electron chi connectivity index (χ1n) is 3.57. The predicted octanol–water partition coefficient (Wildman–Crippen LogP) is 0.850. The normalized spacial score (nSPS) is 10.4. The molecular formula is C8H7N3O. The molecule has 0 amide bonds. The first-order valence-corrected chi connectivity index (χ1v) is 3.57. The van der Waals surface area contributed by atoms with Crippen molar-refractivity contribution in [2.24, 2.45) is 0 Å². The van der Waals surface area contributed by atoms with Crippen molar-refractivity contribution in [3.63, 3.8) is 0 Å². The lowest BCUT2D eigenvalue weighted by Gasteiger charge is -1.88. The van der Waals surface area contributed by atoms with Gasteiger partial charge in [-0.1, -0.05) is 0 Å². The fraction of sp³-hybridized carbons (Fsp3) is 0.125. The van der Waals surface area contributed by atoms with Crippen molar-refractivity contribution in [3.05, 3.63) is 29.8 Å². The van der Waals surface area contributed by atoms with Gasteiger partial charge >= 0.3 is 0 Å². The number of aldehydes is 1. The minimum absolute atomic E-state index is 0.636. The highest BCUT2D eigenvalue weighted by molar-refractivity contribution is 5.87. The fourth-order valence-electron chi connectivity index (χ4n) is 1.19. The Morgan fingerprint density at radius 3 is 3.17 bits per heavy atom. The number of fused-ring (bicyclic) bond motifs is 1. The van der Waals surface area contributed by atoms with Gasteiger partial charge in [-0.25, -0.2) is 9.50 Å². The van der Waals surface area contributed by atoms with Crippen molar-refractivity contribution in [1.82, 2.24) is 14.6 Å². The number of hydrogen-bond acceptors (Lipinski definition) is 3. The van der Waals surface area contributed by atoms with E-state index in [4.69, 9.17) is 0 Å². The lowest BCUT2D eigenvalue weighted by atomic mass is 10.2. The number of hydrogen-bond donors (Lipinski definition) is 0. The molecule has 2 heterocycles. The van der Waals surface area contributed by atoms with E-state index in [0.717, 1.165) is 17.5 Å². The van der Waals surface area contributed by atoms with Gasteiger partial charge in [0.1, 0.15) is 6.33 Å². The summed E-state index contributed by atoms with van der Waals surface area (Å²) in [6.07, 6.45) is 4.04. The standard InChI is InChI=1S/C8H7N3O/c1-6-7(4-12)8-2-3-9-5-11(8)10-6/h2-5H,1H3. The zero-order valence-corrected chi connectivity index (χ0v) is 6.56. The van der Waals surface area contributed by atoms with Gasteiger partial charge < -0.3 is 0 Å². The van der Waals surface area contributed by atoms with Gasteiger partial charge in [0.15, 0.2) is 6.29 Å². The Morgan fingerprint density at radius 1 is 1.58 bits per heavy atom. The number of rotatable bonds is 1. The molecule has 0 spiro atoms. The first kappa shape index (κ1) is 6.97. The van der Waals surface area contributed by atoms with E-state index in [-0.39, 0.29) is 0 Å². The molecular weight excluding hydrogens is 154 g/mol. The second kappa shape index (κ2) is 2.41. The zero-order chi connectivity index (χ0) is 8.55. The SMILES string of the molecule is Cc1nn2cnccc2c1C=O. The van der Waals surface area contributed by atoms with Crippen molar-refractivity contribution in [2.75, 3.05) is 0 Å². The predicted molar refractivity (Wildman–Crippen MR) is 43.1 cm³/mol. The largest absolute Gasteiger partial charge is 0.298 e. The van der Waals surface area contributed by atoms with Crippen LogP contribution in [0.15, 0.2) is 18.6 Å². The van der Waals surface area contributed by atoms with Crippen molar-refractivity contribution in [2.45, 2.75) is 6.92 Å². The van der Waals surface area contributed by atoms with E-state index >= 15 is 0 Å². The molecule has 0 unspecified atom stereocenters. The minimum Gasteiger partial charge on any atom is -0.298 e. The molecule has 2 aromatic heterocycles. The first-order chi connectivity index (χ1) is 5.83. The third-order valence-corrected chi connectivity index (χ3v) is 1.78. The smallest absolute Gasteiger partial charge is 0.154 e. The van der Waals surface area contributed by atoms with Gasteiger partial charge in [-0.05, 0) is 13.0 Å². The van der Waals surface area contributed by atoms with Crippen LogP contribution < -0.4 is 0 Å². The molecule has 4 nitrogen and oxygen atoms in total. The molecule has 60 valence electrons. The highest BCUT2D eigenvalue weighted by Crippen LogP contribution is 2.10. The third kappa shape index (κ3) is 0.812. The average molecular weight is 161 g/mol. The molecule has 0 saturated heterocycles. The number of nitrogens with zero attached hydrogens (tertiary/aromatic N) is 3. The molecule has 0 fully saturated rings. The highest BCUT2D eigenvalue weighted by atomic mass is 16.1. The summed E-state index contributed by atoms with van der Waals surface area (Å²) in [5, 5.41) is 4.11. The van der Waals surface area contributed by atoms with Gasteiger partial charge in [-0.2, -0.15) is 5.10 Å². The molecule has 0 bridgehead atoms. The van der Waals surface area contributed by atoms with E-state index in [0.29, 0.717) is 5.56 Å². The molecule has 0 radical (unpaired) electrons. The molecule has 0 aliphatic heterocycles. The van der Waals surface area contributed by atoms with Gasteiger partial charge in [0, 0.05) is 6.20 Å². The monoisotopic (exact) mass is 161 g/mol. The summed E-state index contributed by atoms with van der Waals surface area (Å²) in [4.78, 5) is 14.5. The van der Waals surface area contributed by atoms with E-state index in [1.807, 2.05) is 0 Å². The Bertz CT molecular complexity index is 433. The maximum atomic E-state index is 10.6. The van der Waals surface area contributed by atoms with Crippen LogP contribution in [0.1, 0.15) is 16.1 Å². The topological polar surface area (TPSA) is 47.3 Å². The van der Waals surface area contributed by atoms with Crippen molar-refractivity contribution in [1.29, 1.82) is 0 Å². The van der Waals surface area contributed by atoms with Crippen LogP contribution in [0.3, 0.4) is 0 Å². The van der Waals surface area contributed by atoms with Crippen LogP contribution in [0.4, 0.5) is 0 Å². The Labute approximate surface area is 68.8 Å². The molecule has 0 aliphatic rings. The Hall–Kier alpha value is -1.71. The second-order valence-corrected chi connectivity index (χ2v) is 2.53. The minimum atomic E-state index is 0.636. The average Bonchev–Trinajstić information content (AvgIpc) is 2.40. The van der Waals surface area contributed by atoms with Crippen LogP contribution in [-0.4, -0.2) is 20.9 Å². The van der Waals surface area contributed by atoms with Crippen molar-refractivity contribution in [3.8, 4) is 0 Å². The summed E-state index contributed by atoms with van der Waals surface area (Å²) in [5.41, 5.74) is 2.17. The van der Waals surface area contributed by atoms with Gasteiger partial charge in [0.25, 0.3) is 0 Å². The Morgan fingerprint density at radius 2 is 2.42 bits per heavy atom. The number of carbonyl (C=O) groups is 1. The number of aryl methyl sites for hydroxylation is 1. The van der Waals surface area contributed by atoms with Crippen LogP contribution in [-0.2, 0) is 0 Å². The lowest BCUT2D eigenvalue weighted by Crippen LogP contribution is -1.87. The lowest BCUT2D eigenvalue weighted by molar-refractivity contribution is 0.112. The maximum absolute atomic E-state index is 10.6. The zero-order valence-electron chi connectivity index (χ0n) is 6.56. The molecule has 0 aromatic carbocycles. The molecule has 0 N–H and O–H groups in total. The summed E-state index contributed by atoms with van der Waals surface area (Å²) < 4.78 is 1.60. The van der Waals surface area contributed by atoms with Crippen LogP contribution >= 0.6 is 0 Å². The number of carbonyl (C=O) groups excluding carboxylic acids is 1. The summed E-state index contributed by atoms with van der Waals surface area (Å²) in [6, 6.07) is 1.77. The van der Waals surface area contributed by atoms with Crippen LogP contribution in [0.2, 0.25) is 0 Å². The van der Waals surface area contributed by atoms with E-state index in [9.17, 15) is 4.79 Å². The third-order valence-electron chi connectivity index (χ3n) is 1.78. The van der Waals surface area contributed by atoms with Gasteiger partial charge in [0.2, 0.25) is 0 Å². The molecule has 0 atom stereocenters. The number of aromatic nitrogens is 3. The maximum Gasteiger partial charge on any atom is 0.154 e. The van der Waals surface area contributed by atoms with Crippen molar-refractivity contribution < 1.29 is 4.79 Å². The second-order valence-electron chi connectivity index (χ2n) is 2.53. The molecule has 12 heavy (non-hydrogen) atoms. The molecule has 0 saturated carbocycles. The Kier molecular flexibility index (Phi) is 1.40. The molecule has 2 aromatic rings. The highest BCUT2D eigenvalue weighted by Gasteiger charge is 2.06. The van der Waals surface area contributed by atoms with E-state index < -0.39 is 0 Å². The van der Waals surface area contributed by atoms with E-state index in [1.54, 1.807) is 30.0 Å². The van der Waals surface area contributed by atoms with Gasteiger partial charge in [0.05, 0.1) is 16.8 Å². The van der Waals surface area contributed by atoms with Crippen LogP contribution in [0.5, 0.6) is 0 Å². The van der Waals surface area contributed by atoms with Crippen LogP contribution in [0.25, 0.3) is 5.52 Å². The Balaban J connectivity index is 2.90. The molecule has 2 rings (SSSR count). The van der Waals surface area contributed by atoms with Gasteiger partial charge in [-0.15, -0.1) is 0 Å². The van der Waals surface area contributed by atoms with Gasteiger partial charge in [-0.3, -0.25) is 4.79 Å². The molecule has 4 heteroatoms. The summed E-state index contributed by atoms with van der Waals surface area (Å²) in [6.45, 7) is 1.80. The molecule has 0 aliphatic carbocycles. The van der Waals surface area contributed by atoms with Crippen LogP contribution in [0, 0.1) is 6.92 Å².